The predicted octanol–water partition coefficient (Wildman–Crippen LogP) is 3.05. The van der Waals surface area contributed by atoms with Gasteiger partial charge in [0.25, 0.3) is 0 Å². The average Bonchev–Trinajstić information content (AvgIpc) is 2.37. The number of nitrogens with zero attached hydrogens (tertiary/aromatic N) is 2. The first kappa shape index (κ1) is 12.8. The van der Waals surface area contributed by atoms with E-state index in [1.165, 1.54) is 0 Å². The highest BCUT2D eigenvalue weighted by Crippen LogP contribution is 2.27. The Bertz CT molecular complexity index is 569. The SMILES string of the molecule is Cc1cccnc1CNc1ncc(N)c(C)c1Br. The average molecular weight is 307 g/mol. The van der Waals surface area contributed by atoms with Gasteiger partial charge in [-0.25, -0.2) is 4.98 Å². The fraction of sp³-hybridized carbons (Fsp3) is 0.231. The van der Waals surface area contributed by atoms with E-state index in [9.17, 15) is 0 Å². The quantitative estimate of drug-likeness (QED) is 0.915. The third-order valence-electron chi connectivity index (χ3n) is 2.84. The highest BCUT2D eigenvalue weighted by Gasteiger charge is 2.07. The van der Waals surface area contributed by atoms with Crippen molar-refractivity contribution in [3.63, 3.8) is 0 Å². The highest BCUT2D eigenvalue weighted by molar-refractivity contribution is 9.10. The summed E-state index contributed by atoms with van der Waals surface area (Å²) < 4.78 is 0.899. The second-order valence-corrected chi connectivity index (χ2v) is 4.91. The number of hydrogen-bond donors (Lipinski definition) is 2. The molecule has 0 aromatic carbocycles. The van der Waals surface area contributed by atoms with Gasteiger partial charge in [0.1, 0.15) is 5.82 Å². The van der Waals surface area contributed by atoms with Crippen molar-refractivity contribution in [2.45, 2.75) is 20.4 Å². The van der Waals surface area contributed by atoms with Crippen molar-refractivity contribution in [1.29, 1.82) is 0 Å². The van der Waals surface area contributed by atoms with E-state index in [1.807, 2.05) is 26.0 Å². The minimum Gasteiger partial charge on any atom is -0.397 e. The Balaban J connectivity index is 2.17. The van der Waals surface area contributed by atoms with Crippen molar-refractivity contribution in [1.82, 2.24) is 9.97 Å². The maximum Gasteiger partial charge on any atom is 0.141 e. The molecule has 18 heavy (non-hydrogen) atoms. The summed E-state index contributed by atoms with van der Waals surface area (Å²) in [6.45, 7) is 4.64. The van der Waals surface area contributed by atoms with Crippen LogP contribution in [0.5, 0.6) is 0 Å². The first-order valence-corrected chi connectivity index (χ1v) is 6.44. The van der Waals surface area contributed by atoms with Gasteiger partial charge in [-0.3, -0.25) is 4.98 Å². The molecule has 0 aliphatic heterocycles. The molecule has 0 spiro atoms. The number of aryl methyl sites for hydroxylation is 1. The molecule has 4 nitrogen and oxygen atoms in total. The zero-order chi connectivity index (χ0) is 13.1. The molecule has 0 aliphatic carbocycles. The fourth-order valence-electron chi connectivity index (χ4n) is 1.59. The Kier molecular flexibility index (Phi) is 3.81. The second kappa shape index (κ2) is 5.35. The lowest BCUT2D eigenvalue weighted by molar-refractivity contribution is 1.00. The van der Waals surface area contributed by atoms with E-state index in [-0.39, 0.29) is 0 Å². The summed E-state index contributed by atoms with van der Waals surface area (Å²) in [5, 5.41) is 3.26. The number of nitrogen functional groups attached to an aromatic ring is 1. The summed E-state index contributed by atoms with van der Waals surface area (Å²) in [6, 6.07) is 3.97. The van der Waals surface area contributed by atoms with Crippen LogP contribution in [0, 0.1) is 13.8 Å². The molecule has 3 N–H and O–H groups in total. The lowest BCUT2D eigenvalue weighted by Crippen LogP contribution is -2.06. The Labute approximate surface area is 115 Å². The van der Waals surface area contributed by atoms with Crippen LogP contribution in [0.1, 0.15) is 16.8 Å². The normalized spacial score (nSPS) is 10.4. The number of aromatic nitrogens is 2. The van der Waals surface area contributed by atoms with E-state index >= 15 is 0 Å². The van der Waals surface area contributed by atoms with Crippen LogP contribution in [-0.2, 0) is 6.54 Å². The van der Waals surface area contributed by atoms with Crippen molar-refractivity contribution in [2.75, 3.05) is 11.1 Å². The topological polar surface area (TPSA) is 63.8 Å². The lowest BCUT2D eigenvalue weighted by Gasteiger charge is -2.11. The van der Waals surface area contributed by atoms with Gasteiger partial charge in [-0.1, -0.05) is 6.07 Å². The molecule has 0 saturated carbocycles. The molecule has 0 atom stereocenters. The monoisotopic (exact) mass is 306 g/mol. The van der Waals surface area contributed by atoms with E-state index in [2.05, 4.69) is 31.2 Å². The minimum absolute atomic E-state index is 0.641. The molecule has 2 aromatic rings. The predicted molar refractivity (Wildman–Crippen MR) is 77.4 cm³/mol. The molecule has 0 bridgehead atoms. The molecule has 0 saturated heterocycles. The summed E-state index contributed by atoms with van der Waals surface area (Å²) in [7, 11) is 0. The molecule has 2 aromatic heterocycles. The van der Waals surface area contributed by atoms with Gasteiger partial charge >= 0.3 is 0 Å². The number of halogens is 1. The molecule has 0 fully saturated rings. The molecule has 2 heterocycles. The van der Waals surface area contributed by atoms with Crippen molar-refractivity contribution in [2.24, 2.45) is 0 Å². The van der Waals surface area contributed by atoms with E-state index in [1.54, 1.807) is 12.4 Å². The Morgan fingerprint density at radius 3 is 2.83 bits per heavy atom. The van der Waals surface area contributed by atoms with Crippen LogP contribution in [0.4, 0.5) is 11.5 Å². The molecule has 0 unspecified atom stereocenters. The Hall–Kier alpha value is -1.62. The van der Waals surface area contributed by atoms with Crippen molar-refractivity contribution >= 4 is 27.4 Å². The van der Waals surface area contributed by atoms with Gasteiger partial charge in [0.15, 0.2) is 0 Å². The number of hydrogen-bond acceptors (Lipinski definition) is 4. The summed E-state index contributed by atoms with van der Waals surface area (Å²) in [5.41, 5.74) is 9.64. The van der Waals surface area contributed by atoms with Crippen LogP contribution < -0.4 is 11.1 Å². The van der Waals surface area contributed by atoms with Crippen LogP contribution in [0.25, 0.3) is 0 Å². The first-order chi connectivity index (χ1) is 8.59. The van der Waals surface area contributed by atoms with Gasteiger partial charge < -0.3 is 11.1 Å². The minimum atomic E-state index is 0.641. The van der Waals surface area contributed by atoms with Gasteiger partial charge in [-0.05, 0) is 47.0 Å². The number of rotatable bonds is 3. The van der Waals surface area contributed by atoms with Gasteiger partial charge in [0.2, 0.25) is 0 Å². The largest absolute Gasteiger partial charge is 0.397 e. The molecule has 0 radical (unpaired) electrons. The lowest BCUT2D eigenvalue weighted by atomic mass is 10.2. The van der Waals surface area contributed by atoms with E-state index < -0.39 is 0 Å². The first-order valence-electron chi connectivity index (χ1n) is 5.64. The van der Waals surface area contributed by atoms with Gasteiger partial charge in [0.05, 0.1) is 28.6 Å². The number of pyridine rings is 2. The van der Waals surface area contributed by atoms with Crippen LogP contribution in [0.15, 0.2) is 29.0 Å². The van der Waals surface area contributed by atoms with Crippen LogP contribution in [-0.4, -0.2) is 9.97 Å². The molecular weight excluding hydrogens is 292 g/mol. The maximum atomic E-state index is 5.79. The molecule has 94 valence electrons. The molecule has 2 rings (SSSR count). The Morgan fingerprint density at radius 2 is 2.11 bits per heavy atom. The highest BCUT2D eigenvalue weighted by atomic mass is 79.9. The Morgan fingerprint density at radius 1 is 1.33 bits per heavy atom. The van der Waals surface area contributed by atoms with Crippen LogP contribution in [0.2, 0.25) is 0 Å². The van der Waals surface area contributed by atoms with Crippen LogP contribution in [0.3, 0.4) is 0 Å². The van der Waals surface area contributed by atoms with Gasteiger partial charge in [-0.2, -0.15) is 0 Å². The summed E-state index contributed by atoms with van der Waals surface area (Å²) in [5.74, 6) is 0.784. The maximum absolute atomic E-state index is 5.79. The number of anilines is 2. The van der Waals surface area contributed by atoms with Crippen molar-refractivity contribution in [3.8, 4) is 0 Å². The smallest absolute Gasteiger partial charge is 0.141 e. The summed E-state index contributed by atoms with van der Waals surface area (Å²) in [6.07, 6.45) is 3.45. The third-order valence-corrected chi connectivity index (χ3v) is 3.81. The van der Waals surface area contributed by atoms with Gasteiger partial charge in [-0.15, -0.1) is 0 Å². The molecule has 5 heteroatoms. The number of nitrogens with one attached hydrogen (secondary N) is 1. The molecule has 0 amide bonds. The van der Waals surface area contributed by atoms with E-state index in [0.29, 0.717) is 12.2 Å². The van der Waals surface area contributed by atoms with Crippen molar-refractivity contribution < 1.29 is 0 Å². The van der Waals surface area contributed by atoms with E-state index in [0.717, 1.165) is 27.1 Å². The second-order valence-electron chi connectivity index (χ2n) is 4.12. The summed E-state index contributed by atoms with van der Waals surface area (Å²) >= 11 is 3.50. The zero-order valence-electron chi connectivity index (χ0n) is 10.4. The number of nitrogens with two attached hydrogens (primary N) is 1. The summed E-state index contributed by atoms with van der Waals surface area (Å²) in [4.78, 5) is 8.61. The van der Waals surface area contributed by atoms with Crippen molar-refractivity contribution in [3.05, 3.63) is 45.8 Å². The van der Waals surface area contributed by atoms with E-state index in [4.69, 9.17) is 5.73 Å². The van der Waals surface area contributed by atoms with Gasteiger partial charge in [0, 0.05) is 6.20 Å². The fourth-order valence-corrected chi connectivity index (χ4v) is 2.06. The van der Waals surface area contributed by atoms with Crippen LogP contribution >= 0.6 is 15.9 Å². The third kappa shape index (κ3) is 2.61. The standard InChI is InChI=1S/C13H15BrN4/c1-8-4-3-5-16-11(8)7-18-13-12(14)9(2)10(15)6-17-13/h3-6H,7,15H2,1-2H3,(H,17,18). The zero-order valence-corrected chi connectivity index (χ0v) is 12.0. The molecule has 0 aliphatic rings. The molecular formula is C13H15BrN4.